The lowest BCUT2D eigenvalue weighted by molar-refractivity contribution is -0.659. The first-order chi connectivity index (χ1) is 12.4. The van der Waals surface area contributed by atoms with Gasteiger partial charge in [0.25, 0.3) is 0 Å². The lowest BCUT2D eigenvalue weighted by Gasteiger charge is -2.00. The van der Waals surface area contributed by atoms with Gasteiger partial charge in [-0.15, -0.1) is 0 Å². The molecule has 0 rings (SSSR count). The van der Waals surface area contributed by atoms with Crippen molar-refractivity contribution >= 4 is 0 Å². The predicted octanol–water partition coefficient (Wildman–Crippen LogP) is -18.5. The number of hydrogen-bond acceptors (Lipinski definition) is 0. The summed E-state index contributed by atoms with van der Waals surface area (Å²) >= 11 is 0. The molecule has 0 aromatic rings. The first kappa shape index (κ1) is 44.4. The Bertz CT molecular complexity index is 311. The number of likely N-dealkylation sites (N-methyl/N-ethyl adjacent to an activating group) is 1. The second kappa shape index (κ2) is 43.6. The van der Waals surface area contributed by atoms with Gasteiger partial charge in [0.05, 0.1) is 65.4 Å². The van der Waals surface area contributed by atoms with Gasteiger partial charge < -0.3 is 88.6 Å². The van der Waals surface area contributed by atoms with Gasteiger partial charge in [-0.2, -0.15) is 0 Å². The fourth-order valence-electron chi connectivity index (χ4n) is 2.65. The second-order valence-corrected chi connectivity index (χ2v) is 6.71. The molecule has 0 bridgehead atoms. The van der Waals surface area contributed by atoms with E-state index in [0.29, 0.717) is 0 Å². The van der Waals surface area contributed by atoms with Gasteiger partial charge in [-0.25, -0.2) is 0 Å². The molecule has 0 saturated carbocycles. The van der Waals surface area contributed by atoms with Crippen molar-refractivity contribution in [2.45, 2.75) is 39.5 Å². The molecule has 0 fully saturated rings. The molecular weight excluding hydrogens is 488 g/mol. The molecule has 0 radical (unpaired) electrons. The standard InChI is InChI=1S/C20H43N5.5ClH/c1-3-21-13-5-7-15-23-17-9-11-19-25-20-12-10-18-24-16-8-6-14-22-4-2;;;;;/h5,7,10,12,21-25H,3-4,6,8-9,11,13-20H2,1-2H3;5*1H/b7-5-,12-10-;;;;;. The maximum atomic E-state index is 2.43. The normalized spacial score (nSPS) is 9.93. The summed E-state index contributed by atoms with van der Waals surface area (Å²) in [6.07, 6.45) is 14.6. The van der Waals surface area contributed by atoms with Crippen LogP contribution < -0.4 is 88.6 Å². The zero-order valence-electron chi connectivity index (χ0n) is 19.0. The summed E-state index contributed by atoms with van der Waals surface area (Å²) in [5.41, 5.74) is 0. The number of rotatable bonds is 20. The molecule has 0 unspecified atom stereocenters. The van der Waals surface area contributed by atoms with Crippen molar-refractivity contribution in [3.05, 3.63) is 24.3 Å². The van der Waals surface area contributed by atoms with Crippen LogP contribution in [0.1, 0.15) is 39.5 Å². The molecule has 0 aliphatic rings. The first-order valence-corrected chi connectivity index (χ1v) is 10.8. The Morgan fingerprint density at radius 1 is 0.400 bits per heavy atom. The third kappa shape index (κ3) is 42.8. The third-order valence-corrected chi connectivity index (χ3v) is 4.25. The minimum absolute atomic E-state index is 0. The fourth-order valence-corrected chi connectivity index (χ4v) is 2.65. The second-order valence-electron chi connectivity index (χ2n) is 6.71. The van der Waals surface area contributed by atoms with Gasteiger partial charge in [-0.1, -0.05) is 0 Å². The van der Waals surface area contributed by atoms with Gasteiger partial charge >= 0.3 is 0 Å². The Kier molecular flexibility index (Phi) is 64.5. The van der Waals surface area contributed by atoms with Gasteiger partial charge in [0.15, 0.2) is 0 Å². The molecule has 0 aromatic heterocycles. The van der Waals surface area contributed by atoms with E-state index in [1.165, 1.54) is 65.0 Å². The molecule has 0 heterocycles. The monoisotopic (exact) mass is 533 g/mol. The molecule has 188 valence electrons. The van der Waals surface area contributed by atoms with Crippen LogP contribution >= 0.6 is 0 Å². The average molecular weight is 536 g/mol. The molecule has 5 nitrogen and oxygen atoms in total. The largest absolute Gasteiger partial charge is 1.00 e. The van der Waals surface area contributed by atoms with Crippen molar-refractivity contribution in [3.8, 4) is 0 Å². The first-order valence-electron chi connectivity index (χ1n) is 10.8. The summed E-state index contributed by atoms with van der Waals surface area (Å²) in [4.78, 5) is 0. The minimum Gasteiger partial charge on any atom is -1.00 e. The van der Waals surface area contributed by atoms with Crippen LogP contribution in [0.25, 0.3) is 0 Å². The summed E-state index contributed by atoms with van der Waals surface area (Å²) < 4.78 is 0. The number of nitrogens with two attached hydrogens (primary N) is 5. The van der Waals surface area contributed by atoms with E-state index < -0.39 is 0 Å². The maximum absolute atomic E-state index is 2.43. The van der Waals surface area contributed by atoms with Crippen LogP contribution in [0, 0.1) is 0 Å². The Hall–Kier alpha value is 0.730. The highest BCUT2D eigenvalue weighted by Gasteiger charge is 1.93. The topological polar surface area (TPSA) is 83.0 Å². The van der Waals surface area contributed by atoms with E-state index in [-0.39, 0.29) is 62.0 Å². The van der Waals surface area contributed by atoms with E-state index in [1.54, 1.807) is 0 Å². The molecule has 0 aliphatic carbocycles. The van der Waals surface area contributed by atoms with E-state index in [0.717, 1.165) is 26.2 Å². The van der Waals surface area contributed by atoms with Crippen LogP contribution in [0.4, 0.5) is 0 Å². The van der Waals surface area contributed by atoms with Crippen LogP contribution in [0.2, 0.25) is 0 Å². The van der Waals surface area contributed by atoms with Crippen LogP contribution in [-0.2, 0) is 0 Å². The van der Waals surface area contributed by atoms with Crippen molar-refractivity contribution in [3.63, 3.8) is 0 Å². The molecule has 10 heteroatoms. The zero-order chi connectivity index (χ0) is 18.3. The number of halogens is 5. The van der Waals surface area contributed by atoms with E-state index >= 15 is 0 Å². The van der Waals surface area contributed by atoms with Crippen molar-refractivity contribution in [1.29, 1.82) is 0 Å². The van der Waals surface area contributed by atoms with Crippen molar-refractivity contribution in [2.24, 2.45) is 0 Å². The SMILES string of the molecule is CC[NH2+]C/C=C\C[NH2+]CCCC[NH2+]C/C=C\C[NH2+]CCCC[NH2+]CC.[Cl-].[Cl-].[Cl-].[Cl-].[Cl-]. The Morgan fingerprint density at radius 2 is 0.667 bits per heavy atom. The Balaban J connectivity index is -0.000000288. The molecule has 0 amide bonds. The lowest BCUT2D eigenvalue weighted by Crippen LogP contribution is -3.00. The van der Waals surface area contributed by atoms with Crippen molar-refractivity contribution in [1.82, 2.24) is 0 Å². The van der Waals surface area contributed by atoms with Crippen LogP contribution in [0.15, 0.2) is 24.3 Å². The summed E-state index contributed by atoms with van der Waals surface area (Å²) in [5.74, 6) is 0. The van der Waals surface area contributed by atoms with E-state index in [9.17, 15) is 0 Å². The maximum Gasteiger partial charge on any atom is 0.0944 e. The summed E-state index contributed by atoms with van der Waals surface area (Å²) in [6, 6.07) is 0. The summed E-state index contributed by atoms with van der Waals surface area (Å²) in [6.45, 7) is 16.4. The van der Waals surface area contributed by atoms with Gasteiger partial charge in [0.2, 0.25) is 0 Å². The molecule has 0 saturated heterocycles. The van der Waals surface area contributed by atoms with Crippen molar-refractivity contribution < 1.29 is 88.6 Å². The molecular formula is C20H48Cl5N5. The van der Waals surface area contributed by atoms with Gasteiger partial charge in [-0.3, -0.25) is 0 Å². The fraction of sp³-hybridized carbons (Fsp3) is 0.800. The summed E-state index contributed by atoms with van der Waals surface area (Å²) in [7, 11) is 0. The van der Waals surface area contributed by atoms with Crippen LogP contribution in [0.5, 0.6) is 0 Å². The molecule has 0 atom stereocenters. The van der Waals surface area contributed by atoms with E-state index in [4.69, 9.17) is 0 Å². The minimum atomic E-state index is 0. The van der Waals surface area contributed by atoms with Gasteiger partial charge in [0.1, 0.15) is 0 Å². The van der Waals surface area contributed by atoms with E-state index in [1.807, 2.05) is 0 Å². The Morgan fingerprint density at radius 3 is 0.967 bits per heavy atom. The highest BCUT2D eigenvalue weighted by Crippen LogP contribution is 1.78. The number of hydrogen-bond donors (Lipinski definition) is 5. The zero-order valence-corrected chi connectivity index (χ0v) is 22.8. The molecule has 0 spiro atoms. The quantitative estimate of drug-likeness (QED) is 0.0758. The predicted molar refractivity (Wildman–Crippen MR) is 106 cm³/mol. The summed E-state index contributed by atoms with van der Waals surface area (Å²) in [5, 5.41) is 12.0. The number of unbranched alkanes of at least 4 members (excludes halogenated alkanes) is 2. The van der Waals surface area contributed by atoms with E-state index in [2.05, 4.69) is 64.7 Å². The average Bonchev–Trinajstić information content (AvgIpc) is 2.63. The van der Waals surface area contributed by atoms with Gasteiger partial charge in [-0.05, 0) is 38.2 Å². The molecule has 30 heavy (non-hydrogen) atoms. The smallest absolute Gasteiger partial charge is 0.0944 e. The third-order valence-electron chi connectivity index (χ3n) is 4.25. The highest BCUT2D eigenvalue weighted by molar-refractivity contribution is 4.79. The Labute approximate surface area is 217 Å². The van der Waals surface area contributed by atoms with Crippen molar-refractivity contribution in [2.75, 3.05) is 65.4 Å². The molecule has 0 aromatic carbocycles. The molecule has 0 aliphatic heterocycles. The number of quaternary nitrogens is 5. The lowest BCUT2D eigenvalue weighted by atomic mass is 10.3. The van der Waals surface area contributed by atoms with Crippen LogP contribution in [0.3, 0.4) is 0 Å². The van der Waals surface area contributed by atoms with Crippen LogP contribution in [-0.4, -0.2) is 65.4 Å². The van der Waals surface area contributed by atoms with Gasteiger partial charge in [0, 0.05) is 25.7 Å². The highest BCUT2D eigenvalue weighted by atomic mass is 35.5. The molecule has 10 N–H and O–H groups in total.